The van der Waals surface area contributed by atoms with Crippen LogP contribution in [0.25, 0.3) is 0 Å². The molecular weight excluding hydrogens is 162 g/mol. The van der Waals surface area contributed by atoms with Crippen LogP contribution >= 0.6 is 0 Å². The third kappa shape index (κ3) is 6.02. The maximum absolute atomic E-state index is 5.43. The molecule has 0 aromatic heterocycles. The van der Waals surface area contributed by atoms with Gasteiger partial charge in [0.25, 0.3) is 0 Å². The Morgan fingerprint density at radius 3 is 2.62 bits per heavy atom. The first kappa shape index (κ1) is 12.9. The van der Waals surface area contributed by atoms with Gasteiger partial charge in [-0.15, -0.1) is 0 Å². The van der Waals surface area contributed by atoms with Crippen molar-refractivity contribution in [2.45, 2.75) is 45.6 Å². The summed E-state index contributed by atoms with van der Waals surface area (Å²) in [6, 6.07) is 0.570. The summed E-state index contributed by atoms with van der Waals surface area (Å²) in [6.45, 7) is 9.73. The van der Waals surface area contributed by atoms with Crippen LogP contribution in [0, 0.1) is 6.92 Å². The maximum Gasteiger partial charge on any atom is 0.0567 e. The first-order valence-electron chi connectivity index (χ1n) is 5.25. The van der Waals surface area contributed by atoms with E-state index in [4.69, 9.17) is 5.73 Å². The molecule has 1 unspecified atom stereocenters. The molecule has 0 rings (SSSR count). The molecule has 0 aromatic carbocycles. The highest BCUT2D eigenvalue weighted by Crippen LogP contribution is 2.07. The van der Waals surface area contributed by atoms with Gasteiger partial charge in [-0.3, -0.25) is 0 Å². The number of hydrazine groups is 1. The predicted octanol–water partition coefficient (Wildman–Crippen LogP) is 1.51. The molecular formula is C10H24N3. The van der Waals surface area contributed by atoms with E-state index in [0.717, 1.165) is 13.0 Å². The summed E-state index contributed by atoms with van der Waals surface area (Å²) in [5, 5.41) is 2.20. The number of rotatable bonds is 8. The quantitative estimate of drug-likeness (QED) is 0.343. The van der Waals surface area contributed by atoms with Crippen LogP contribution in [-0.2, 0) is 0 Å². The van der Waals surface area contributed by atoms with E-state index < -0.39 is 0 Å². The molecule has 0 aliphatic carbocycles. The molecule has 0 saturated heterocycles. The summed E-state index contributed by atoms with van der Waals surface area (Å²) < 4.78 is 0. The molecule has 13 heavy (non-hydrogen) atoms. The van der Waals surface area contributed by atoms with Gasteiger partial charge >= 0.3 is 0 Å². The van der Waals surface area contributed by atoms with E-state index in [2.05, 4.69) is 31.2 Å². The van der Waals surface area contributed by atoms with Crippen LogP contribution in [0.2, 0.25) is 0 Å². The van der Waals surface area contributed by atoms with Crippen molar-refractivity contribution >= 4 is 0 Å². The largest absolute Gasteiger partial charge is 0.317 e. The average molecular weight is 186 g/mol. The molecule has 0 amide bonds. The average Bonchev–Trinajstić information content (AvgIpc) is 2.14. The topological polar surface area (TPSA) is 41.3 Å². The SMILES string of the molecule is [CH2]CCCCC(C)N(CC)NCN. The van der Waals surface area contributed by atoms with Gasteiger partial charge in [-0.2, -0.15) is 0 Å². The molecule has 3 N–H and O–H groups in total. The smallest absolute Gasteiger partial charge is 0.0567 e. The highest BCUT2D eigenvalue weighted by molar-refractivity contribution is 4.62. The molecule has 0 fully saturated rings. The van der Waals surface area contributed by atoms with Crippen molar-refractivity contribution in [1.29, 1.82) is 0 Å². The van der Waals surface area contributed by atoms with Crippen LogP contribution in [-0.4, -0.2) is 24.3 Å². The number of nitrogens with zero attached hydrogens (tertiary/aromatic N) is 1. The van der Waals surface area contributed by atoms with Crippen molar-refractivity contribution in [2.24, 2.45) is 5.73 Å². The Bertz CT molecular complexity index is 106. The van der Waals surface area contributed by atoms with Crippen LogP contribution in [0.4, 0.5) is 0 Å². The van der Waals surface area contributed by atoms with Crippen LogP contribution in [0.15, 0.2) is 0 Å². The van der Waals surface area contributed by atoms with E-state index in [9.17, 15) is 0 Å². The van der Waals surface area contributed by atoms with Crippen LogP contribution < -0.4 is 11.2 Å². The standard InChI is InChI=1S/C10H24N3/c1-4-6-7-8-10(3)13(5-2)12-9-11/h10,12H,1,4-9,11H2,2-3H3. The van der Waals surface area contributed by atoms with E-state index >= 15 is 0 Å². The summed E-state index contributed by atoms with van der Waals surface area (Å²) in [4.78, 5) is 0. The zero-order valence-corrected chi connectivity index (χ0v) is 9.05. The van der Waals surface area contributed by atoms with Crippen molar-refractivity contribution in [2.75, 3.05) is 13.2 Å². The van der Waals surface area contributed by atoms with Crippen molar-refractivity contribution in [1.82, 2.24) is 10.4 Å². The molecule has 0 saturated carbocycles. The number of hydrogen-bond acceptors (Lipinski definition) is 3. The molecule has 3 heteroatoms. The molecule has 0 aromatic rings. The van der Waals surface area contributed by atoms with E-state index in [1.165, 1.54) is 19.3 Å². The predicted molar refractivity (Wildman–Crippen MR) is 57.9 cm³/mol. The second-order valence-electron chi connectivity index (χ2n) is 3.35. The van der Waals surface area contributed by atoms with Gasteiger partial charge in [0.1, 0.15) is 0 Å². The Hall–Kier alpha value is -0.120. The van der Waals surface area contributed by atoms with E-state index in [1.807, 2.05) is 0 Å². The highest BCUT2D eigenvalue weighted by Gasteiger charge is 2.09. The van der Waals surface area contributed by atoms with Crippen molar-refractivity contribution in [3.05, 3.63) is 6.92 Å². The van der Waals surface area contributed by atoms with Gasteiger partial charge in [-0.1, -0.05) is 33.1 Å². The Morgan fingerprint density at radius 2 is 2.15 bits per heavy atom. The summed E-state index contributed by atoms with van der Waals surface area (Å²) in [5.41, 5.74) is 8.59. The van der Waals surface area contributed by atoms with Gasteiger partial charge in [0.15, 0.2) is 0 Å². The summed E-state index contributed by atoms with van der Waals surface area (Å²) >= 11 is 0. The van der Waals surface area contributed by atoms with Crippen molar-refractivity contribution in [3.8, 4) is 0 Å². The molecule has 3 nitrogen and oxygen atoms in total. The monoisotopic (exact) mass is 186 g/mol. The Kier molecular flexibility index (Phi) is 8.40. The molecule has 0 aliphatic rings. The molecule has 1 radical (unpaired) electrons. The van der Waals surface area contributed by atoms with E-state index in [0.29, 0.717) is 12.7 Å². The van der Waals surface area contributed by atoms with Crippen LogP contribution in [0.1, 0.15) is 39.5 Å². The molecule has 0 bridgehead atoms. The summed E-state index contributed by atoms with van der Waals surface area (Å²) in [7, 11) is 0. The fourth-order valence-electron chi connectivity index (χ4n) is 1.47. The zero-order chi connectivity index (χ0) is 10.1. The number of hydrogen-bond donors (Lipinski definition) is 2. The van der Waals surface area contributed by atoms with Crippen LogP contribution in [0.3, 0.4) is 0 Å². The fraction of sp³-hybridized carbons (Fsp3) is 0.900. The lowest BCUT2D eigenvalue weighted by Crippen LogP contribution is -2.46. The van der Waals surface area contributed by atoms with Gasteiger partial charge in [0, 0.05) is 12.6 Å². The third-order valence-electron chi connectivity index (χ3n) is 2.29. The van der Waals surface area contributed by atoms with Crippen molar-refractivity contribution < 1.29 is 0 Å². The lowest BCUT2D eigenvalue weighted by Gasteiger charge is -2.27. The minimum Gasteiger partial charge on any atom is -0.317 e. The van der Waals surface area contributed by atoms with Crippen molar-refractivity contribution in [3.63, 3.8) is 0 Å². The molecule has 1 atom stereocenters. The second-order valence-corrected chi connectivity index (χ2v) is 3.35. The normalized spacial score (nSPS) is 13.6. The van der Waals surface area contributed by atoms with Gasteiger partial charge in [-0.05, 0) is 13.3 Å². The first-order valence-corrected chi connectivity index (χ1v) is 5.25. The van der Waals surface area contributed by atoms with Gasteiger partial charge in [-0.25, -0.2) is 10.4 Å². The summed E-state index contributed by atoms with van der Waals surface area (Å²) in [5.74, 6) is 0. The summed E-state index contributed by atoms with van der Waals surface area (Å²) in [6.07, 6.45) is 4.75. The zero-order valence-electron chi connectivity index (χ0n) is 9.05. The number of nitrogens with two attached hydrogens (primary N) is 1. The Morgan fingerprint density at radius 1 is 1.46 bits per heavy atom. The van der Waals surface area contributed by atoms with E-state index in [-0.39, 0.29) is 0 Å². The van der Waals surface area contributed by atoms with E-state index in [1.54, 1.807) is 0 Å². The number of unbranched alkanes of at least 4 members (excludes halogenated alkanes) is 2. The van der Waals surface area contributed by atoms with Gasteiger partial charge < -0.3 is 5.73 Å². The highest BCUT2D eigenvalue weighted by atomic mass is 15.5. The number of nitrogens with one attached hydrogen (secondary N) is 1. The lowest BCUT2D eigenvalue weighted by molar-refractivity contribution is 0.135. The Labute approximate surface area is 82.6 Å². The first-order chi connectivity index (χ1) is 6.26. The van der Waals surface area contributed by atoms with Gasteiger partial charge in [0.05, 0.1) is 6.67 Å². The maximum atomic E-state index is 5.43. The minimum atomic E-state index is 0.521. The molecule has 0 spiro atoms. The molecule has 79 valence electrons. The third-order valence-corrected chi connectivity index (χ3v) is 2.29. The second kappa shape index (κ2) is 8.48. The van der Waals surface area contributed by atoms with Crippen LogP contribution in [0.5, 0.6) is 0 Å². The minimum absolute atomic E-state index is 0.521. The molecule has 0 aliphatic heterocycles. The molecule has 0 heterocycles. The fourth-order valence-corrected chi connectivity index (χ4v) is 1.47. The Balaban J connectivity index is 3.57. The lowest BCUT2D eigenvalue weighted by atomic mass is 10.1. The van der Waals surface area contributed by atoms with Gasteiger partial charge in [0.2, 0.25) is 0 Å².